The Kier molecular flexibility index (Phi) is 5.03. The normalized spacial score (nSPS) is 15.5. The molecule has 3 heterocycles. The Morgan fingerprint density at radius 1 is 1.09 bits per heavy atom. The van der Waals surface area contributed by atoms with Gasteiger partial charge in [0.1, 0.15) is 12.0 Å². The number of benzene rings is 2. The van der Waals surface area contributed by atoms with Gasteiger partial charge in [-0.1, -0.05) is 18.2 Å². The van der Waals surface area contributed by atoms with Crippen molar-refractivity contribution in [3.8, 4) is 16.9 Å². The number of nitrogens with zero attached hydrogens (tertiary/aromatic N) is 5. The highest BCUT2D eigenvalue weighted by Gasteiger charge is 2.34. The van der Waals surface area contributed by atoms with Gasteiger partial charge in [0.25, 0.3) is 5.91 Å². The van der Waals surface area contributed by atoms with Crippen LogP contribution in [0.5, 0.6) is 0 Å². The highest BCUT2D eigenvalue weighted by atomic mass is 19.2. The molecule has 5 rings (SSSR count). The van der Waals surface area contributed by atoms with E-state index in [0.29, 0.717) is 30.0 Å². The molecule has 0 saturated carbocycles. The van der Waals surface area contributed by atoms with Crippen molar-refractivity contribution in [3.63, 3.8) is 0 Å². The van der Waals surface area contributed by atoms with Crippen molar-refractivity contribution in [1.82, 2.24) is 24.2 Å². The maximum absolute atomic E-state index is 13.8. The molecule has 2 aromatic carbocycles. The number of aromatic nitrogens is 4. The molecule has 0 saturated heterocycles. The van der Waals surface area contributed by atoms with E-state index in [4.69, 9.17) is 0 Å². The van der Waals surface area contributed by atoms with Crippen LogP contribution in [0.4, 0.5) is 13.2 Å². The first kappa shape index (κ1) is 21.0. The predicted molar refractivity (Wildman–Crippen MR) is 115 cm³/mol. The fourth-order valence-corrected chi connectivity index (χ4v) is 4.40. The quantitative estimate of drug-likeness (QED) is 0.433. The van der Waals surface area contributed by atoms with E-state index in [0.717, 1.165) is 23.4 Å². The number of carbonyl (C=O) groups is 1. The van der Waals surface area contributed by atoms with Gasteiger partial charge in [-0.05, 0) is 37.6 Å². The van der Waals surface area contributed by atoms with Crippen LogP contribution >= 0.6 is 0 Å². The van der Waals surface area contributed by atoms with Crippen molar-refractivity contribution in [3.05, 3.63) is 89.4 Å². The lowest BCUT2D eigenvalue weighted by molar-refractivity contribution is 0.0668. The molecular weight excluding hydrogens is 431 g/mol. The minimum Gasteiger partial charge on any atom is -0.329 e. The second-order valence-electron chi connectivity index (χ2n) is 8.02. The number of amides is 1. The average Bonchev–Trinajstić information content (AvgIpc) is 3.43. The number of carbonyl (C=O) groups excluding carboxylic acids is 1. The maximum atomic E-state index is 13.8. The highest BCUT2D eigenvalue weighted by molar-refractivity contribution is 5.92. The summed E-state index contributed by atoms with van der Waals surface area (Å²) >= 11 is 0. The van der Waals surface area contributed by atoms with Crippen LogP contribution in [-0.2, 0) is 13.5 Å². The van der Waals surface area contributed by atoms with Gasteiger partial charge in [0, 0.05) is 36.6 Å². The topological polar surface area (TPSA) is 56.0 Å². The standard InChI is InChI=1S/C24H20F3N5O/c1-14-22-17(23(30(2)29-22)15-10-18(25)21(27)19(26)11-15)8-9-32(14)24(33)20-12-31(13-28-20)16-6-4-3-5-7-16/h3-7,10-14H,8-9H2,1-2H3/t14-/m0/s1. The molecule has 1 amide bonds. The maximum Gasteiger partial charge on any atom is 0.274 e. The molecule has 0 aliphatic carbocycles. The van der Waals surface area contributed by atoms with E-state index in [2.05, 4.69) is 10.1 Å². The molecule has 4 aromatic rings. The minimum atomic E-state index is -1.50. The third kappa shape index (κ3) is 3.49. The Balaban J connectivity index is 1.45. The van der Waals surface area contributed by atoms with Crippen molar-refractivity contribution in [2.75, 3.05) is 6.54 Å². The van der Waals surface area contributed by atoms with Gasteiger partial charge in [-0.15, -0.1) is 0 Å². The van der Waals surface area contributed by atoms with Crippen LogP contribution < -0.4 is 0 Å². The fourth-order valence-electron chi connectivity index (χ4n) is 4.40. The summed E-state index contributed by atoms with van der Waals surface area (Å²) in [6.45, 7) is 2.24. The lowest BCUT2D eigenvalue weighted by Crippen LogP contribution is -2.39. The zero-order chi connectivity index (χ0) is 23.3. The zero-order valence-electron chi connectivity index (χ0n) is 18.0. The second kappa shape index (κ2) is 7.91. The first-order chi connectivity index (χ1) is 15.8. The zero-order valence-corrected chi connectivity index (χ0v) is 18.0. The number of hydrogen-bond donors (Lipinski definition) is 0. The number of fused-ring (bicyclic) bond motifs is 1. The number of imidazole rings is 1. The largest absolute Gasteiger partial charge is 0.329 e. The fraction of sp³-hybridized carbons (Fsp3) is 0.208. The number of para-hydroxylation sites is 1. The van der Waals surface area contributed by atoms with Crippen LogP contribution in [0.15, 0.2) is 55.0 Å². The van der Waals surface area contributed by atoms with Gasteiger partial charge in [-0.2, -0.15) is 5.10 Å². The van der Waals surface area contributed by atoms with Crippen LogP contribution in [0.2, 0.25) is 0 Å². The minimum absolute atomic E-state index is 0.205. The van der Waals surface area contributed by atoms with Gasteiger partial charge < -0.3 is 9.47 Å². The Bertz CT molecular complexity index is 1340. The van der Waals surface area contributed by atoms with Crippen LogP contribution in [0.1, 0.15) is 34.7 Å². The number of halogens is 3. The number of aryl methyl sites for hydroxylation is 1. The summed E-state index contributed by atoms with van der Waals surface area (Å²) in [7, 11) is 1.66. The van der Waals surface area contributed by atoms with Gasteiger partial charge in [0.05, 0.1) is 17.4 Å². The van der Waals surface area contributed by atoms with E-state index in [-0.39, 0.29) is 17.5 Å². The summed E-state index contributed by atoms with van der Waals surface area (Å²) in [5.41, 5.74) is 3.35. The molecule has 0 unspecified atom stereocenters. The lowest BCUT2D eigenvalue weighted by atomic mass is 9.95. The molecule has 0 spiro atoms. The van der Waals surface area contributed by atoms with Crippen molar-refractivity contribution in [2.45, 2.75) is 19.4 Å². The Hall–Kier alpha value is -3.88. The second-order valence-corrected chi connectivity index (χ2v) is 8.02. The van der Waals surface area contributed by atoms with E-state index in [1.165, 1.54) is 4.68 Å². The molecule has 168 valence electrons. The van der Waals surface area contributed by atoms with Crippen LogP contribution in [0.25, 0.3) is 16.9 Å². The van der Waals surface area contributed by atoms with Crippen molar-refractivity contribution in [1.29, 1.82) is 0 Å². The summed E-state index contributed by atoms with van der Waals surface area (Å²) in [6, 6.07) is 11.1. The molecule has 6 nitrogen and oxygen atoms in total. The van der Waals surface area contributed by atoms with Crippen LogP contribution in [0.3, 0.4) is 0 Å². The summed E-state index contributed by atoms with van der Waals surface area (Å²) in [6.07, 6.45) is 3.72. The Labute approximate surface area is 187 Å². The number of hydrogen-bond acceptors (Lipinski definition) is 3. The molecule has 1 aliphatic rings. The van der Waals surface area contributed by atoms with Crippen molar-refractivity contribution < 1.29 is 18.0 Å². The molecule has 2 aromatic heterocycles. The molecule has 33 heavy (non-hydrogen) atoms. The Morgan fingerprint density at radius 3 is 2.48 bits per heavy atom. The van der Waals surface area contributed by atoms with E-state index >= 15 is 0 Å². The number of rotatable bonds is 3. The third-order valence-electron chi connectivity index (χ3n) is 6.02. The average molecular weight is 451 g/mol. The first-order valence-electron chi connectivity index (χ1n) is 10.5. The summed E-state index contributed by atoms with van der Waals surface area (Å²) in [5.74, 6) is -4.24. The van der Waals surface area contributed by atoms with Crippen LogP contribution in [-0.4, -0.2) is 36.7 Å². The smallest absolute Gasteiger partial charge is 0.274 e. The molecule has 0 bridgehead atoms. The van der Waals surface area contributed by atoms with Crippen LogP contribution in [0, 0.1) is 17.5 Å². The summed E-state index contributed by atoms with van der Waals surface area (Å²) in [5, 5.41) is 4.53. The van der Waals surface area contributed by atoms with Crippen molar-refractivity contribution >= 4 is 5.91 Å². The highest BCUT2D eigenvalue weighted by Crippen LogP contribution is 2.36. The van der Waals surface area contributed by atoms with E-state index in [1.54, 1.807) is 29.0 Å². The molecule has 0 radical (unpaired) electrons. The molecule has 0 N–H and O–H groups in total. The lowest BCUT2D eigenvalue weighted by Gasteiger charge is -2.32. The van der Waals surface area contributed by atoms with Gasteiger partial charge in [0.2, 0.25) is 0 Å². The van der Waals surface area contributed by atoms with E-state index in [9.17, 15) is 18.0 Å². The van der Waals surface area contributed by atoms with Gasteiger partial charge in [-0.3, -0.25) is 9.48 Å². The molecule has 9 heteroatoms. The first-order valence-corrected chi connectivity index (χ1v) is 10.5. The molecule has 0 fully saturated rings. The molecular formula is C24H20F3N5O. The van der Waals surface area contributed by atoms with Gasteiger partial charge in [0.15, 0.2) is 17.5 Å². The van der Waals surface area contributed by atoms with E-state index < -0.39 is 17.5 Å². The SMILES string of the molecule is C[C@H]1c2nn(C)c(-c3cc(F)c(F)c(F)c3)c2CCN1C(=O)c1cn(-c2ccccc2)cn1. The molecule has 1 aliphatic heterocycles. The van der Waals surface area contributed by atoms with Crippen molar-refractivity contribution in [2.24, 2.45) is 7.05 Å². The van der Waals surface area contributed by atoms with E-state index in [1.807, 2.05) is 37.3 Å². The third-order valence-corrected chi connectivity index (χ3v) is 6.02. The molecule has 1 atom stereocenters. The monoisotopic (exact) mass is 451 g/mol. The van der Waals surface area contributed by atoms with Gasteiger partial charge >= 0.3 is 0 Å². The Morgan fingerprint density at radius 2 is 1.79 bits per heavy atom. The van der Waals surface area contributed by atoms with Gasteiger partial charge in [-0.25, -0.2) is 18.2 Å². The summed E-state index contributed by atoms with van der Waals surface area (Å²) in [4.78, 5) is 19.2. The summed E-state index contributed by atoms with van der Waals surface area (Å²) < 4.78 is 44.4. The predicted octanol–water partition coefficient (Wildman–Crippen LogP) is 4.45.